The van der Waals surface area contributed by atoms with Crippen LogP contribution in [0.2, 0.25) is 0 Å². The fourth-order valence-electron chi connectivity index (χ4n) is 2.32. The summed E-state index contributed by atoms with van der Waals surface area (Å²) in [5.74, 6) is 0. The lowest BCUT2D eigenvalue weighted by molar-refractivity contribution is -0.882. The lowest BCUT2D eigenvalue weighted by Gasteiger charge is -2.42. The van der Waals surface area contributed by atoms with Gasteiger partial charge in [-0.3, -0.25) is 4.79 Å². The van der Waals surface area contributed by atoms with Crippen LogP contribution in [-0.2, 0) is 11.2 Å². The van der Waals surface area contributed by atoms with Crippen LogP contribution in [0.15, 0.2) is 30.3 Å². The van der Waals surface area contributed by atoms with E-state index in [1.165, 1.54) is 0 Å². The van der Waals surface area contributed by atoms with Gasteiger partial charge in [0.05, 0.1) is 13.1 Å². The highest BCUT2D eigenvalue weighted by molar-refractivity contribution is 5.57. The van der Waals surface area contributed by atoms with Crippen LogP contribution >= 0.6 is 0 Å². The summed E-state index contributed by atoms with van der Waals surface area (Å²) >= 11 is 0. The molecule has 1 heterocycles. The molecule has 85 valence electrons. The van der Waals surface area contributed by atoms with Gasteiger partial charge in [0.15, 0.2) is 6.04 Å². The third kappa shape index (κ3) is 2.31. The molecule has 0 amide bonds. The third-order valence-corrected chi connectivity index (χ3v) is 3.30. The molecule has 0 spiro atoms. The Morgan fingerprint density at radius 3 is 2.44 bits per heavy atom. The molecule has 1 aromatic carbocycles. The minimum atomic E-state index is -0.551. The van der Waals surface area contributed by atoms with Gasteiger partial charge in [-0.15, -0.1) is 0 Å². The van der Waals surface area contributed by atoms with Crippen LogP contribution in [-0.4, -0.2) is 30.1 Å². The molecule has 16 heavy (non-hydrogen) atoms. The zero-order chi connectivity index (χ0) is 11.4. The molecule has 3 nitrogen and oxygen atoms in total. The second-order valence-corrected chi connectivity index (χ2v) is 4.43. The average molecular weight is 218 g/mol. The maximum Gasteiger partial charge on any atom is 0.262 e. The van der Waals surface area contributed by atoms with E-state index in [1.54, 1.807) is 0 Å². The molecule has 1 fully saturated rings. The van der Waals surface area contributed by atoms with Gasteiger partial charge in [-0.1, -0.05) is 30.3 Å². The molecule has 1 aliphatic rings. The number of likely N-dealkylation sites (tertiary alicyclic amines) is 1. The second-order valence-electron chi connectivity index (χ2n) is 4.43. The summed E-state index contributed by atoms with van der Waals surface area (Å²) in [5.41, 5.74) is 1.04. The van der Waals surface area contributed by atoms with Gasteiger partial charge < -0.3 is 9.85 Å². The molecule has 0 bridgehead atoms. The maximum absolute atomic E-state index is 12.3. The Morgan fingerprint density at radius 1 is 1.25 bits per heavy atom. The summed E-state index contributed by atoms with van der Waals surface area (Å²) in [5, 5.41) is 12.3. The molecule has 0 aromatic heterocycles. The summed E-state index contributed by atoms with van der Waals surface area (Å²) in [6, 6.07) is 9.14. The van der Waals surface area contributed by atoms with Gasteiger partial charge in [0, 0.05) is 19.3 Å². The van der Waals surface area contributed by atoms with E-state index < -0.39 is 6.04 Å². The van der Waals surface area contributed by atoms with Crippen molar-refractivity contribution < 1.29 is 9.44 Å². The second kappa shape index (κ2) is 4.76. The van der Waals surface area contributed by atoms with Crippen molar-refractivity contribution in [1.29, 1.82) is 0 Å². The predicted molar refractivity (Wildman–Crippen MR) is 62.2 cm³/mol. The van der Waals surface area contributed by atoms with Crippen molar-refractivity contribution in [2.24, 2.45) is 0 Å². The number of hydrogen-bond acceptors (Lipinski definition) is 2. The van der Waals surface area contributed by atoms with Crippen molar-refractivity contribution in [3.63, 3.8) is 0 Å². The topological polar surface area (TPSA) is 40.1 Å². The number of benzene rings is 1. The van der Waals surface area contributed by atoms with E-state index in [2.05, 4.69) is 0 Å². The van der Waals surface area contributed by atoms with Gasteiger partial charge >= 0.3 is 0 Å². The van der Waals surface area contributed by atoms with E-state index in [9.17, 15) is 10.0 Å². The Labute approximate surface area is 95.9 Å². The van der Waals surface area contributed by atoms with Crippen molar-refractivity contribution in [2.45, 2.75) is 25.3 Å². The number of rotatable bonds is 4. The lowest BCUT2D eigenvalue weighted by Crippen LogP contribution is -2.50. The molecule has 1 aliphatic heterocycles. The van der Waals surface area contributed by atoms with Crippen LogP contribution in [0.5, 0.6) is 0 Å². The third-order valence-electron chi connectivity index (χ3n) is 3.30. The first-order valence-corrected chi connectivity index (χ1v) is 5.74. The van der Waals surface area contributed by atoms with Gasteiger partial charge in [-0.05, 0) is 5.56 Å². The highest BCUT2D eigenvalue weighted by Gasteiger charge is 2.32. The number of nitrogens with zero attached hydrogens (tertiary/aromatic N) is 1. The zero-order valence-corrected chi connectivity index (χ0v) is 9.26. The smallest absolute Gasteiger partial charge is 0.262 e. The van der Waals surface area contributed by atoms with Crippen LogP contribution in [0.4, 0.5) is 0 Å². The quantitative estimate of drug-likeness (QED) is 0.571. The highest BCUT2D eigenvalue weighted by Crippen LogP contribution is 2.23. The van der Waals surface area contributed by atoms with Gasteiger partial charge in [0.1, 0.15) is 0 Å². The Bertz CT molecular complexity index is 344. The first-order valence-electron chi connectivity index (χ1n) is 5.74. The summed E-state index contributed by atoms with van der Waals surface area (Å²) in [6.07, 6.45) is 4.30. The predicted octanol–water partition coefficient (Wildman–Crippen LogP) is 1.82. The van der Waals surface area contributed by atoms with E-state index in [0.29, 0.717) is 19.5 Å². The minimum absolute atomic E-state index is 0.377. The van der Waals surface area contributed by atoms with E-state index >= 15 is 0 Å². The molecular weight excluding hydrogens is 202 g/mol. The Kier molecular flexibility index (Phi) is 3.36. The van der Waals surface area contributed by atoms with Crippen molar-refractivity contribution in [3.8, 4) is 0 Å². The molecule has 2 rings (SSSR count). The summed E-state index contributed by atoms with van der Waals surface area (Å²) < 4.78 is -0.377. The molecule has 0 unspecified atom stereocenters. The molecule has 0 N–H and O–H groups in total. The molecule has 0 aliphatic carbocycles. The van der Waals surface area contributed by atoms with Gasteiger partial charge in [-0.2, -0.15) is 0 Å². The number of carbonyl (C=O) groups excluding carboxylic acids is 1. The van der Waals surface area contributed by atoms with E-state index in [-0.39, 0.29) is 4.65 Å². The van der Waals surface area contributed by atoms with Crippen molar-refractivity contribution >= 4 is 6.29 Å². The molecule has 1 radical (unpaired) electrons. The van der Waals surface area contributed by atoms with Crippen LogP contribution < -0.4 is 0 Å². The first kappa shape index (κ1) is 11.3. The Morgan fingerprint density at radius 2 is 1.88 bits per heavy atom. The van der Waals surface area contributed by atoms with Crippen molar-refractivity contribution in [3.05, 3.63) is 41.1 Å². The molecule has 1 saturated heterocycles. The van der Waals surface area contributed by atoms with Gasteiger partial charge in [0.2, 0.25) is 0 Å². The SMILES string of the molecule is O=[C][C@@H](Cc1ccccc1)[N+]1([O-])CCCC1. The monoisotopic (exact) mass is 218 g/mol. The Hall–Kier alpha value is -1.19. The van der Waals surface area contributed by atoms with Crippen LogP contribution in [0, 0.1) is 5.21 Å². The van der Waals surface area contributed by atoms with E-state index in [0.717, 1.165) is 18.4 Å². The lowest BCUT2D eigenvalue weighted by atomic mass is 10.1. The van der Waals surface area contributed by atoms with Crippen LogP contribution in [0.1, 0.15) is 18.4 Å². The summed E-state index contributed by atoms with van der Waals surface area (Å²) in [6.45, 7) is 1.12. The first-order chi connectivity index (χ1) is 7.74. The summed E-state index contributed by atoms with van der Waals surface area (Å²) in [7, 11) is 0. The van der Waals surface area contributed by atoms with Crippen molar-refractivity contribution in [2.75, 3.05) is 13.1 Å². The normalized spacial score (nSPS) is 20.6. The molecule has 0 saturated carbocycles. The minimum Gasteiger partial charge on any atom is -0.632 e. The molecule has 1 atom stereocenters. The standard InChI is InChI=1S/C13H16NO2/c15-11-13(14(16)8-4-5-9-14)10-12-6-2-1-3-7-12/h1-3,6-7,13H,4-5,8-10H2/t13-/m1/s1. The largest absolute Gasteiger partial charge is 0.632 e. The zero-order valence-electron chi connectivity index (χ0n) is 9.26. The summed E-state index contributed by atoms with van der Waals surface area (Å²) in [4.78, 5) is 11.0. The number of quaternary nitrogens is 1. The van der Waals surface area contributed by atoms with Crippen LogP contribution in [0.3, 0.4) is 0 Å². The van der Waals surface area contributed by atoms with Gasteiger partial charge in [0.25, 0.3) is 6.29 Å². The molecule has 3 heteroatoms. The number of hydroxylamine groups is 3. The van der Waals surface area contributed by atoms with E-state index in [4.69, 9.17) is 0 Å². The van der Waals surface area contributed by atoms with E-state index in [1.807, 2.05) is 36.6 Å². The van der Waals surface area contributed by atoms with Crippen molar-refractivity contribution in [1.82, 2.24) is 0 Å². The van der Waals surface area contributed by atoms with Gasteiger partial charge in [-0.25, -0.2) is 0 Å². The Balaban J connectivity index is 2.09. The number of hydrogen-bond donors (Lipinski definition) is 0. The molecular formula is C13H16NO2. The fourth-order valence-corrected chi connectivity index (χ4v) is 2.32. The average Bonchev–Trinajstić information content (AvgIpc) is 2.75. The molecule has 1 aromatic rings. The fraction of sp³-hybridized carbons (Fsp3) is 0.462. The van der Waals surface area contributed by atoms with Crippen LogP contribution in [0.25, 0.3) is 0 Å². The highest BCUT2D eigenvalue weighted by atomic mass is 16.5. The maximum atomic E-state index is 12.3.